The van der Waals surface area contributed by atoms with Crippen LogP contribution < -0.4 is 0 Å². The predicted octanol–water partition coefficient (Wildman–Crippen LogP) is 42.2. The van der Waals surface area contributed by atoms with Crippen molar-refractivity contribution in [3.05, 3.63) is 570 Å². The molecule has 0 atom stereocenters. The molecule has 0 fully saturated rings. The molecular formula is C149H96. The first kappa shape index (κ1) is 87.5. The standard InChI is InChI=1S/C60H38.C54H34.C35H24/c1-2-14-39(15-3-1)42-26-30-43(31-27-42)57-49-20-8-10-22-51(49)59(52-23-11-9-21-50(52)57)48-34-35-55-56(38-48)60(47-33-29-41-17-5-7-19-45(41)37-47)54-25-13-12-24-53(54)58(55)46-32-28-40-16-4-6-18-44(40)36-46;1-3-17-35(18-4-1)51-42-25-11-12-26-43(42)52(36-19-5-2-6-20-36)50-34-38(31-32-48(50)51)53-44-27-13-15-29-46(44)54(47-30-16-14-28-45(47)53)49-33-37-21-7-8-22-39(37)40-23-9-10-24-41(40)49;1-23-14-19-32-33(20-23)35(29-18-16-25-9-3-5-11-27(25)22-29)31-13-7-6-12-30(31)34(32)28-17-15-24-8-2-4-10-26(24)21-28/h1-38H;1-34H;2-22H,1H3. The SMILES string of the molecule is Cc1ccc2c(-c3ccc4ccccc4c3)c3ccccc3c(-c3ccc4ccccc4c3)c2c1.c1ccc(-c2c3ccccc3c(-c3ccccc3)c3cc(-c4c5ccccc5c(-c5cc6ccccc6c6ccccc56)c5ccccc45)ccc23)cc1.c1ccc(-c2ccc(-c3c4ccccc4c(-c4ccc5c(-c6ccc7ccccc7c6)c6ccccc6c(-c6ccc7ccccc7c6)c5c4)c4ccccc34)cc2)cc1. The van der Waals surface area contributed by atoms with Gasteiger partial charge in [-0.05, 0) is 344 Å². The molecule has 0 spiro atoms. The Bertz CT molecular complexity index is 10500. The molecule has 0 amide bonds. The number of hydrogen-bond acceptors (Lipinski definition) is 0. The van der Waals surface area contributed by atoms with Gasteiger partial charge in [0, 0.05) is 0 Å². The topological polar surface area (TPSA) is 0 Å². The van der Waals surface area contributed by atoms with E-state index in [2.05, 4.69) is 571 Å². The normalized spacial score (nSPS) is 11.7. The van der Waals surface area contributed by atoms with Crippen LogP contribution in [0.25, 0.3) is 295 Å². The summed E-state index contributed by atoms with van der Waals surface area (Å²) in [6, 6.07) is 208. The van der Waals surface area contributed by atoms with Crippen molar-refractivity contribution in [3.63, 3.8) is 0 Å². The second-order valence-corrected chi connectivity index (χ2v) is 39.8. The lowest BCUT2D eigenvalue weighted by molar-refractivity contribution is 1.51. The number of fused-ring (bicyclic) bond motifs is 17. The Hall–Kier alpha value is -19.2. The van der Waals surface area contributed by atoms with Crippen LogP contribution in [0.15, 0.2) is 564 Å². The second kappa shape index (κ2) is 36.9. The van der Waals surface area contributed by atoms with Gasteiger partial charge >= 0.3 is 0 Å². The van der Waals surface area contributed by atoms with Gasteiger partial charge < -0.3 is 0 Å². The van der Waals surface area contributed by atoms with Crippen LogP contribution in [0.1, 0.15) is 5.56 Å². The van der Waals surface area contributed by atoms with Gasteiger partial charge in [-0.15, -0.1) is 0 Å². The quantitative estimate of drug-likeness (QED) is 0.0894. The van der Waals surface area contributed by atoms with E-state index in [-0.39, 0.29) is 0 Å². The van der Waals surface area contributed by atoms with Crippen molar-refractivity contribution in [1.82, 2.24) is 0 Å². The van der Waals surface area contributed by atoms with E-state index in [1.807, 2.05) is 0 Å². The number of rotatable bonds is 11. The molecule has 692 valence electrons. The van der Waals surface area contributed by atoms with Crippen LogP contribution >= 0.6 is 0 Å². The molecule has 30 rings (SSSR count). The zero-order chi connectivity index (χ0) is 98.5. The van der Waals surface area contributed by atoms with Gasteiger partial charge in [0.25, 0.3) is 0 Å². The van der Waals surface area contributed by atoms with Gasteiger partial charge in [0.15, 0.2) is 0 Å². The van der Waals surface area contributed by atoms with Crippen LogP contribution in [0, 0.1) is 6.92 Å². The highest BCUT2D eigenvalue weighted by Gasteiger charge is 2.27. The van der Waals surface area contributed by atoms with Gasteiger partial charge in [0.2, 0.25) is 0 Å². The van der Waals surface area contributed by atoms with E-state index in [4.69, 9.17) is 0 Å². The van der Waals surface area contributed by atoms with Crippen molar-refractivity contribution in [2.45, 2.75) is 6.92 Å². The molecule has 0 saturated heterocycles. The van der Waals surface area contributed by atoms with Gasteiger partial charge in [0.1, 0.15) is 0 Å². The maximum atomic E-state index is 2.49. The minimum Gasteiger partial charge on any atom is -0.0622 e. The van der Waals surface area contributed by atoms with Gasteiger partial charge in [0.05, 0.1) is 0 Å². The largest absolute Gasteiger partial charge is 0.0622 e. The monoisotopic (exact) mass is 1880 g/mol. The summed E-state index contributed by atoms with van der Waals surface area (Å²) in [4.78, 5) is 0. The van der Waals surface area contributed by atoms with Crippen molar-refractivity contribution in [2.75, 3.05) is 0 Å². The van der Waals surface area contributed by atoms with Crippen LogP contribution in [0.4, 0.5) is 0 Å². The summed E-state index contributed by atoms with van der Waals surface area (Å²) < 4.78 is 0. The van der Waals surface area contributed by atoms with Crippen LogP contribution in [-0.2, 0) is 0 Å². The van der Waals surface area contributed by atoms with E-state index in [0.717, 1.165) is 0 Å². The summed E-state index contributed by atoms with van der Waals surface area (Å²) in [5.74, 6) is 0. The summed E-state index contributed by atoms with van der Waals surface area (Å²) >= 11 is 0. The molecule has 0 heterocycles. The van der Waals surface area contributed by atoms with E-state index >= 15 is 0 Å². The Labute approximate surface area is 864 Å². The van der Waals surface area contributed by atoms with Crippen molar-refractivity contribution < 1.29 is 0 Å². The summed E-state index contributed by atoms with van der Waals surface area (Å²) in [6.45, 7) is 2.19. The van der Waals surface area contributed by atoms with E-state index < -0.39 is 0 Å². The lowest BCUT2D eigenvalue weighted by Gasteiger charge is -2.21. The summed E-state index contributed by atoms with van der Waals surface area (Å²) in [5, 5.41) is 40.5. The summed E-state index contributed by atoms with van der Waals surface area (Å²) in [5.41, 5.74) is 28.9. The van der Waals surface area contributed by atoms with Crippen LogP contribution in [0.2, 0.25) is 0 Å². The molecular weight excluding hydrogens is 1790 g/mol. The molecule has 0 aliphatic heterocycles. The van der Waals surface area contributed by atoms with Crippen molar-refractivity contribution >= 4 is 172 Å². The van der Waals surface area contributed by atoms with Crippen molar-refractivity contribution in [2.24, 2.45) is 0 Å². The first-order valence-electron chi connectivity index (χ1n) is 51.8. The number of aryl methyl sites for hydroxylation is 1. The molecule has 0 N–H and O–H groups in total. The van der Waals surface area contributed by atoms with E-state index in [1.54, 1.807) is 0 Å². The van der Waals surface area contributed by atoms with Gasteiger partial charge in [-0.3, -0.25) is 0 Å². The Balaban J connectivity index is 0.000000111. The zero-order valence-corrected chi connectivity index (χ0v) is 82.2. The smallest absolute Gasteiger partial charge is 0.00199 e. The molecule has 0 bridgehead atoms. The summed E-state index contributed by atoms with van der Waals surface area (Å²) in [6.07, 6.45) is 0. The first-order valence-corrected chi connectivity index (χ1v) is 51.8. The first-order chi connectivity index (χ1) is 73.9. The van der Waals surface area contributed by atoms with Crippen LogP contribution in [0.3, 0.4) is 0 Å². The van der Waals surface area contributed by atoms with Gasteiger partial charge in [-0.25, -0.2) is 0 Å². The molecule has 0 nitrogen and oxygen atoms in total. The molecule has 0 radical (unpaired) electrons. The fourth-order valence-electron chi connectivity index (χ4n) is 24.6. The van der Waals surface area contributed by atoms with Crippen molar-refractivity contribution in [1.29, 1.82) is 0 Å². The molecule has 149 heavy (non-hydrogen) atoms. The predicted molar refractivity (Wildman–Crippen MR) is 644 cm³/mol. The van der Waals surface area contributed by atoms with Gasteiger partial charge in [-0.1, -0.05) is 527 Å². The second-order valence-electron chi connectivity index (χ2n) is 39.8. The van der Waals surface area contributed by atoms with Crippen LogP contribution in [-0.4, -0.2) is 0 Å². The molecule has 0 unspecified atom stereocenters. The molecule has 30 aromatic rings. The van der Waals surface area contributed by atoms with E-state index in [0.29, 0.717) is 0 Å². The molecule has 0 aromatic heterocycles. The average Bonchev–Trinajstić information content (AvgIpc) is 0.701. The number of hydrogen-bond donors (Lipinski definition) is 0. The fraction of sp³-hybridized carbons (Fsp3) is 0.00671. The summed E-state index contributed by atoms with van der Waals surface area (Å²) in [7, 11) is 0. The minimum atomic E-state index is 1.21. The Morgan fingerprint density at radius 2 is 0.275 bits per heavy atom. The van der Waals surface area contributed by atoms with E-state index in [1.165, 1.54) is 300 Å². The third kappa shape index (κ3) is 15.2. The minimum absolute atomic E-state index is 1.21. The highest BCUT2D eigenvalue weighted by molar-refractivity contribution is 6.31. The molecule has 0 aliphatic rings. The Morgan fingerprint density at radius 1 is 0.0872 bits per heavy atom. The zero-order valence-electron chi connectivity index (χ0n) is 82.2. The van der Waals surface area contributed by atoms with Gasteiger partial charge in [-0.2, -0.15) is 0 Å². The lowest BCUT2D eigenvalue weighted by Crippen LogP contribution is -1.94. The molecule has 0 heteroatoms. The maximum absolute atomic E-state index is 2.49. The highest BCUT2D eigenvalue weighted by Crippen LogP contribution is 2.55. The Kier molecular flexibility index (Phi) is 21.7. The third-order valence-corrected chi connectivity index (χ3v) is 31.3. The molecule has 0 saturated carbocycles. The fourth-order valence-corrected chi connectivity index (χ4v) is 24.6. The van der Waals surface area contributed by atoms with Crippen LogP contribution in [0.5, 0.6) is 0 Å². The number of benzene rings is 30. The Morgan fingerprint density at radius 3 is 0.604 bits per heavy atom. The highest BCUT2D eigenvalue weighted by atomic mass is 14.3. The maximum Gasteiger partial charge on any atom is -0.00199 e. The third-order valence-electron chi connectivity index (χ3n) is 31.3. The molecule has 0 aliphatic carbocycles. The molecule has 30 aromatic carbocycles. The lowest BCUT2D eigenvalue weighted by atomic mass is 9.82. The van der Waals surface area contributed by atoms with E-state index in [9.17, 15) is 0 Å². The van der Waals surface area contributed by atoms with Crippen molar-refractivity contribution in [3.8, 4) is 122 Å². The average molecular weight is 1890 g/mol.